The van der Waals surface area contributed by atoms with Crippen LogP contribution >= 0.6 is 0 Å². The quantitative estimate of drug-likeness (QED) is 0.797. The zero-order valence-electron chi connectivity index (χ0n) is 13.5. The van der Waals surface area contributed by atoms with Crippen molar-refractivity contribution in [3.63, 3.8) is 0 Å². The van der Waals surface area contributed by atoms with Crippen LogP contribution in [0, 0.1) is 0 Å². The molecule has 0 saturated heterocycles. The van der Waals surface area contributed by atoms with Gasteiger partial charge in [0.05, 0.1) is 6.20 Å². The first-order chi connectivity index (χ1) is 11.4. The SMILES string of the molecule is c1ccc(CCNc2cnnc(NC3CCCCCC3)n2)cc1. The first kappa shape index (κ1) is 15.7. The molecule has 0 unspecified atom stereocenters. The molecule has 1 aromatic heterocycles. The van der Waals surface area contributed by atoms with Gasteiger partial charge in [-0.25, -0.2) is 0 Å². The highest BCUT2D eigenvalue weighted by atomic mass is 15.3. The van der Waals surface area contributed by atoms with Gasteiger partial charge in [-0.15, -0.1) is 5.10 Å². The third-order valence-electron chi connectivity index (χ3n) is 4.31. The van der Waals surface area contributed by atoms with Crippen molar-refractivity contribution in [3.05, 3.63) is 42.1 Å². The molecule has 0 radical (unpaired) electrons. The molecule has 2 N–H and O–H groups in total. The first-order valence-electron chi connectivity index (χ1n) is 8.64. The largest absolute Gasteiger partial charge is 0.368 e. The molecule has 1 heterocycles. The Hall–Kier alpha value is -2.17. The lowest BCUT2D eigenvalue weighted by atomic mass is 10.1. The van der Waals surface area contributed by atoms with E-state index in [-0.39, 0.29) is 0 Å². The van der Waals surface area contributed by atoms with Gasteiger partial charge in [-0.05, 0) is 24.8 Å². The third-order valence-corrected chi connectivity index (χ3v) is 4.31. The summed E-state index contributed by atoms with van der Waals surface area (Å²) in [7, 11) is 0. The molecule has 0 bridgehead atoms. The Morgan fingerprint density at radius 2 is 1.78 bits per heavy atom. The van der Waals surface area contributed by atoms with Crippen LogP contribution in [0.15, 0.2) is 36.5 Å². The number of nitrogens with zero attached hydrogens (tertiary/aromatic N) is 3. The van der Waals surface area contributed by atoms with Crippen molar-refractivity contribution in [1.82, 2.24) is 15.2 Å². The topological polar surface area (TPSA) is 62.7 Å². The monoisotopic (exact) mass is 311 g/mol. The lowest BCUT2D eigenvalue weighted by Gasteiger charge is -2.16. The van der Waals surface area contributed by atoms with Crippen molar-refractivity contribution < 1.29 is 0 Å². The average molecular weight is 311 g/mol. The van der Waals surface area contributed by atoms with Crippen molar-refractivity contribution in [3.8, 4) is 0 Å². The molecule has 23 heavy (non-hydrogen) atoms. The fourth-order valence-electron chi connectivity index (χ4n) is 3.04. The van der Waals surface area contributed by atoms with E-state index >= 15 is 0 Å². The van der Waals surface area contributed by atoms with Crippen molar-refractivity contribution in [2.24, 2.45) is 0 Å². The van der Waals surface area contributed by atoms with Crippen LogP contribution in [-0.4, -0.2) is 27.8 Å². The molecule has 122 valence electrons. The summed E-state index contributed by atoms with van der Waals surface area (Å²) in [5.41, 5.74) is 1.32. The zero-order valence-corrected chi connectivity index (χ0v) is 13.5. The molecule has 2 aromatic rings. The van der Waals surface area contributed by atoms with E-state index in [1.54, 1.807) is 6.20 Å². The van der Waals surface area contributed by atoms with Gasteiger partial charge in [-0.1, -0.05) is 56.0 Å². The van der Waals surface area contributed by atoms with Crippen molar-refractivity contribution in [2.75, 3.05) is 17.2 Å². The number of hydrogen-bond acceptors (Lipinski definition) is 5. The molecule has 5 nitrogen and oxygen atoms in total. The van der Waals surface area contributed by atoms with Crippen LogP contribution in [0.5, 0.6) is 0 Å². The Morgan fingerprint density at radius 1 is 1.00 bits per heavy atom. The minimum absolute atomic E-state index is 0.485. The van der Waals surface area contributed by atoms with E-state index in [2.05, 4.69) is 50.1 Å². The molecule has 0 spiro atoms. The van der Waals surface area contributed by atoms with Gasteiger partial charge in [0.2, 0.25) is 5.95 Å². The molecule has 0 amide bonds. The van der Waals surface area contributed by atoms with Gasteiger partial charge in [0.25, 0.3) is 0 Å². The zero-order chi connectivity index (χ0) is 15.7. The highest BCUT2D eigenvalue weighted by Crippen LogP contribution is 2.19. The molecule has 1 aliphatic carbocycles. The van der Waals surface area contributed by atoms with E-state index in [1.807, 2.05) is 6.07 Å². The van der Waals surface area contributed by atoms with Crippen LogP contribution in [0.2, 0.25) is 0 Å². The van der Waals surface area contributed by atoms with E-state index in [9.17, 15) is 0 Å². The summed E-state index contributed by atoms with van der Waals surface area (Å²) < 4.78 is 0. The van der Waals surface area contributed by atoms with Crippen molar-refractivity contribution >= 4 is 11.8 Å². The summed E-state index contributed by atoms with van der Waals surface area (Å²) in [6.07, 6.45) is 10.3. The molecule has 1 aromatic carbocycles. The van der Waals surface area contributed by atoms with Crippen LogP contribution in [-0.2, 0) is 6.42 Å². The number of anilines is 2. The van der Waals surface area contributed by atoms with Gasteiger partial charge in [0.1, 0.15) is 0 Å². The molecule has 3 rings (SSSR count). The highest BCUT2D eigenvalue weighted by molar-refractivity contribution is 5.37. The average Bonchev–Trinajstić information content (AvgIpc) is 2.85. The Morgan fingerprint density at radius 3 is 2.57 bits per heavy atom. The summed E-state index contributed by atoms with van der Waals surface area (Å²) in [4.78, 5) is 4.53. The first-order valence-corrected chi connectivity index (χ1v) is 8.64. The standard InChI is InChI=1S/C18H25N5/c1-2-7-11-16(10-6-1)21-18-22-17(14-20-23-18)19-13-12-15-8-4-3-5-9-15/h3-5,8-9,14,16H,1-2,6-7,10-13H2,(H2,19,21,22,23). The normalized spacial score (nSPS) is 15.8. The Balaban J connectivity index is 1.50. The Labute approximate surface area is 137 Å². The molecule has 0 atom stereocenters. The van der Waals surface area contributed by atoms with Crippen LogP contribution in [0.4, 0.5) is 11.8 Å². The predicted molar refractivity (Wildman–Crippen MR) is 93.6 cm³/mol. The number of rotatable bonds is 6. The maximum atomic E-state index is 4.53. The second-order valence-electron chi connectivity index (χ2n) is 6.16. The summed E-state index contributed by atoms with van der Waals surface area (Å²) in [6.45, 7) is 0.839. The number of nitrogens with one attached hydrogen (secondary N) is 2. The lowest BCUT2D eigenvalue weighted by Crippen LogP contribution is -2.20. The molecule has 1 aliphatic rings. The minimum Gasteiger partial charge on any atom is -0.368 e. The fourth-order valence-corrected chi connectivity index (χ4v) is 3.04. The second-order valence-corrected chi connectivity index (χ2v) is 6.16. The summed E-state index contributed by atoms with van der Waals surface area (Å²) >= 11 is 0. The molecule has 0 aliphatic heterocycles. The molecule has 1 saturated carbocycles. The van der Waals surface area contributed by atoms with Crippen molar-refractivity contribution in [1.29, 1.82) is 0 Å². The Bertz CT molecular complexity index is 579. The second kappa shape index (κ2) is 8.46. The fraction of sp³-hybridized carbons (Fsp3) is 0.500. The van der Waals surface area contributed by atoms with Crippen LogP contribution < -0.4 is 10.6 Å². The summed E-state index contributed by atoms with van der Waals surface area (Å²) in [5.74, 6) is 1.42. The van der Waals surface area contributed by atoms with E-state index in [0.717, 1.165) is 18.8 Å². The minimum atomic E-state index is 0.485. The van der Waals surface area contributed by atoms with Gasteiger partial charge < -0.3 is 10.6 Å². The lowest BCUT2D eigenvalue weighted by molar-refractivity contribution is 0.613. The van der Waals surface area contributed by atoms with Crippen LogP contribution in [0.1, 0.15) is 44.1 Å². The summed E-state index contributed by atoms with van der Waals surface area (Å²) in [5, 5.41) is 15.0. The maximum absolute atomic E-state index is 4.53. The third kappa shape index (κ3) is 5.20. The number of aromatic nitrogens is 3. The van der Waals surface area contributed by atoms with Gasteiger partial charge in [0, 0.05) is 12.6 Å². The highest BCUT2D eigenvalue weighted by Gasteiger charge is 2.13. The summed E-state index contributed by atoms with van der Waals surface area (Å²) in [6, 6.07) is 10.9. The van der Waals surface area contributed by atoms with Crippen LogP contribution in [0.25, 0.3) is 0 Å². The number of benzene rings is 1. The Kier molecular flexibility index (Phi) is 5.78. The van der Waals surface area contributed by atoms with Gasteiger partial charge in [-0.3, -0.25) is 0 Å². The number of hydrogen-bond donors (Lipinski definition) is 2. The van der Waals surface area contributed by atoms with E-state index < -0.39 is 0 Å². The van der Waals surface area contributed by atoms with E-state index in [1.165, 1.54) is 44.1 Å². The van der Waals surface area contributed by atoms with Gasteiger partial charge in [-0.2, -0.15) is 10.1 Å². The molecule has 5 heteroatoms. The molecular formula is C18H25N5. The van der Waals surface area contributed by atoms with Gasteiger partial charge >= 0.3 is 0 Å². The van der Waals surface area contributed by atoms with E-state index in [4.69, 9.17) is 0 Å². The van der Waals surface area contributed by atoms with E-state index in [0.29, 0.717) is 12.0 Å². The van der Waals surface area contributed by atoms with Crippen LogP contribution in [0.3, 0.4) is 0 Å². The predicted octanol–water partition coefficient (Wildman–Crippen LogP) is 3.66. The smallest absolute Gasteiger partial charge is 0.244 e. The maximum Gasteiger partial charge on any atom is 0.244 e. The molecule has 1 fully saturated rings. The molecular weight excluding hydrogens is 286 g/mol. The van der Waals surface area contributed by atoms with Gasteiger partial charge in [0.15, 0.2) is 5.82 Å². The van der Waals surface area contributed by atoms with Crippen molar-refractivity contribution in [2.45, 2.75) is 51.0 Å².